The third-order valence-electron chi connectivity index (χ3n) is 2.48. The van der Waals surface area contributed by atoms with Crippen LogP contribution in [-0.4, -0.2) is 22.9 Å². The molecule has 0 amide bonds. The summed E-state index contributed by atoms with van der Waals surface area (Å²) < 4.78 is 0. The Hall–Kier alpha value is -1.97. The van der Waals surface area contributed by atoms with Gasteiger partial charge in [0.15, 0.2) is 17.3 Å². The number of Topliss-reactive ketones (excluding diaryl/α,β-unsaturated/α-hetero) is 2. The lowest BCUT2D eigenvalue weighted by atomic mass is 9.88. The van der Waals surface area contributed by atoms with Gasteiger partial charge < -0.3 is 4.84 Å². The molecule has 0 atom stereocenters. The maximum atomic E-state index is 11.9. The van der Waals surface area contributed by atoms with E-state index in [1.54, 1.807) is 24.3 Å². The van der Waals surface area contributed by atoms with Crippen LogP contribution in [0.15, 0.2) is 29.4 Å². The minimum atomic E-state index is -0.469. The molecule has 94 valence electrons. The van der Waals surface area contributed by atoms with Gasteiger partial charge in [-0.2, -0.15) is 0 Å². The molecule has 1 aromatic rings. The number of oxime groups is 1. The summed E-state index contributed by atoms with van der Waals surface area (Å²) in [6, 6.07) is 6.97. The number of nitrogens with zero attached hydrogens (tertiary/aromatic N) is 1. The van der Waals surface area contributed by atoms with Crippen molar-refractivity contribution < 1.29 is 14.4 Å². The van der Waals surface area contributed by atoms with Crippen LogP contribution in [-0.2, 0) is 9.63 Å². The topological polar surface area (TPSA) is 55.7 Å². The van der Waals surface area contributed by atoms with Crippen molar-refractivity contribution in [2.75, 3.05) is 0 Å². The van der Waals surface area contributed by atoms with Crippen LogP contribution in [0, 0.1) is 0 Å². The van der Waals surface area contributed by atoms with E-state index in [2.05, 4.69) is 5.16 Å². The monoisotopic (exact) mass is 245 g/mol. The van der Waals surface area contributed by atoms with Crippen LogP contribution < -0.4 is 0 Å². The summed E-state index contributed by atoms with van der Waals surface area (Å²) in [6.45, 7) is 5.55. The zero-order valence-corrected chi connectivity index (χ0v) is 10.7. The fourth-order valence-electron chi connectivity index (χ4n) is 1.69. The van der Waals surface area contributed by atoms with Crippen LogP contribution in [0.5, 0.6) is 0 Å². The lowest BCUT2D eigenvalue weighted by molar-refractivity contribution is -0.112. The molecule has 1 aliphatic rings. The molecule has 4 heteroatoms. The van der Waals surface area contributed by atoms with Gasteiger partial charge in [0.1, 0.15) is 5.60 Å². The molecule has 1 aliphatic carbocycles. The van der Waals surface area contributed by atoms with Gasteiger partial charge in [0.2, 0.25) is 0 Å². The lowest BCUT2D eigenvalue weighted by Gasteiger charge is -2.19. The molecule has 0 fully saturated rings. The first-order valence-corrected chi connectivity index (χ1v) is 5.80. The van der Waals surface area contributed by atoms with Crippen molar-refractivity contribution in [3.8, 4) is 0 Å². The van der Waals surface area contributed by atoms with E-state index in [0.29, 0.717) is 11.1 Å². The zero-order chi connectivity index (χ0) is 13.3. The minimum absolute atomic E-state index is 0.136. The highest BCUT2D eigenvalue weighted by molar-refractivity contribution is 6.52. The Morgan fingerprint density at radius 2 is 1.67 bits per heavy atom. The van der Waals surface area contributed by atoms with Gasteiger partial charge in [0, 0.05) is 11.1 Å². The quantitative estimate of drug-likeness (QED) is 0.563. The van der Waals surface area contributed by atoms with Gasteiger partial charge in [-0.15, -0.1) is 0 Å². The SMILES string of the molecule is CC(C)(C)ON=C1C(=O)CC(=O)c2ccccc21. The number of hydrogen-bond donors (Lipinski definition) is 0. The Kier molecular flexibility index (Phi) is 3.03. The van der Waals surface area contributed by atoms with Gasteiger partial charge in [-0.3, -0.25) is 9.59 Å². The molecule has 18 heavy (non-hydrogen) atoms. The van der Waals surface area contributed by atoms with Crippen LogP contribution in [0.4, 0.5) is 0 Å². The van der Waals surface area contributed by atoms with Gasteiger partial charge in [-0.25, -0.2) is 0 Å². The van der Waals surface area contributed by atoms with Crippen molar-refractivity contribution >= 4 is 17.3 Å². The normalized spacial score (nSPS) is 17.8. The fraction of sp³-hybridized carbons (Fsp3) is 0.357. The standard InChI is InChI=1S/C14H15NO3/c1-14(2,3)18-15-13-10-7-5-4-6-9(10)11(16)8-12(13)17/h4-7H,8H2,1-3H3. The van der Waals surface area contributed by atoms with E-state index in [1.807, 2.05) is 20.8 Å². The number of benzene rings is 1. The lowest BCUT2D eigenvalue weighted by Crippen LogP contribution is -2.29. The second-order valence-corrected chi connectivity index (χ2v) is 5.21. The molecule has 0 aliphatic heterocycles. The Morgan fingerprint density at radius 3 is 2.28 bits per heavy atom. The average Bonchev–Trinajstić information content (AvgIpc) is 2.27. The van der Waals surface area contributed by atoms with Crippen molar-refractivity contribution in [2.45, 2.75) is 32.8 Å². The Balaban J connectivity index is 2.45. The first kappa shape index (κ1) is 12.5. The largest absolute Gasteiger partial charge is 0.389 e. The fourth-order valence-corrected chi connectivity index (χ4v) is 1.69. The summed E-state index contributed by atoms with van der Waals surface area (Å²) in [5, 5.41) is 3.93. The van der Waals surface area contributed by atoms with E-state index < -0.39 is 5.60 Å². The molecule has 1 aromatic carbocycles. The molecule has 0 N–H and O–H groups in total. The van der Waals surface area contributed by atoms with Crippen LogP contribution in [0.2, 0.25) is 0 Å². The predicted octanol–water partition coefficient (Wildman–Crippen LogP) is 2.36. The van der Waals surface area contributed by atoms with Gasteiger partial charge in [0.25, 0.3) is 0 Å². The van der Waals surface area contributed by atoms with Crippen LogP contribution in [0.3, 0.4) is 0 Å². The second-order valence-electron chi connectivity index (χ2n) is 5.21. The van der Waals surface area contributed by atoms with Gasteiger partial charge in [-0.1, -0.05) is 29.4 Å². The number of fused-ring (bicyclic) bond motifs is 1. The number of rotatable bonds is 1. The molecule has 0 bridgehead atoms. The molecule has 0 spiro atoms. The zero-order valence-electron chi connectivity index (χ0n) is 10.7. The summed E-state index contributed by atoms with van der Waals surface area (Å²) in [4.78, 5) is 28.9. The first-order valence-electron chi connectivity index (χ1n) is 5.80. The summed E-state index contributed by atoms with van der Waals surface area (Å²) in [5.41, 5.74) is 0.862. The third-order valence-corrected chi connectivity index (χ3v) is 2.48. The summed E-state index contributed by atoms with van der Waals surface area (Å²) in [6.07, 6.45) is -0.136. The third kappa shape index (κ3) is 2.47. The van der Waals surface area contributed by atoms with Crippen LogP contribution in [0.25, 0.3) is 0 Å². The molecule has 0 radical (unpaired) electrons. The molecule has 4 nitrogen and oxygen atoms in total. The Bertz CT molecular complexity index is 538. The molecule has 0 unspecified atom stereocenters. The number of carbonyl (C=O) groups is 2. The molecule has 0 saturated heterocycles. The highest BCUT2D eigenvalue weighted by Crippen LogP contribution is 2.20. The first-order chi connectivity index (χ1) is 8.38. The maximum absolute atomic E-state index is 11.9. The van der Waals surface area contributed by atoms with E-state index in [0.717, 1.165) is 0 Å². The Morgan fingerprint density at radius 1 is 1.06 bits per heavy atom. The Labute approximate surface area is 106 Å². The maximum Gasteiger partial charge on any atom is 0.192 e. The van der Waals surface area contributed by atoms with E-state index in [9.17, 15) is 9.59 Å². The van der Waals surface area contributed by atoms with Gasteiger partial charge >= 0.3 is 0 Å². The molecular weight excluding hydrogens is 230 g/mol. The van der Waals surface area contributed by atoms with Crippen molar-refractivity contribution in [3.05, 3.63) is 35.4 Å². The highest BCUT2D eigenvalue weighted by atomic mass is 16.6. The van der Waals surface area contributed by atoms with Crippen molar-refractivity contribution in [1.82, 2.24) is 0 Å². The van der Waals surface area contributed by atoms with Crippen LogP contribution in [0.1, 0.15) is 43.1 Å². The van der Waals surface area contributed by atoms with Crippen molar-refractivity contribution in [2.24, 2.45) is 5.16 Å². The van der Waals surface area contributed by atoms with E-state index in [4.69, 9.17) is 4.84 Å². The molecular formula is C14H15NO3. The van der Waals surface area contributed by atoms with Gasteiger partial charge in [-0.05, 0) is 20.8 Å². The van der Waals surface area contributed by atoms with Crippen molar-refractivity contribution in [3.63, 3.8) is 0 Å². The number of hydrogen-bond acceptors (Lipinski definition) is 4. The molecule has 0 aromatic heterocycles. The van der Waals surface area contributed by atoms with E-state index in [1.165, 1.54) is 0 Å². The molecule has 0 heterocycles. The number of ketones is 2. The second kappa shape index (κ2) is 4.37. The number of carbonyl (C=O) groups excluding carboxylic acids is 2. The van der Waals surface area contributed by atoms with E-state index >= 15 is 0 Å². The predicted molar refractivity (Wildman–Crippen MR) is 67.8 cm³/mol. The summed E-state index contributed by atoms with van der Waals surface area (Å²) in [7, 11) is 0. The molecule has 0 saturated carbocycles. The molecule has 2 rings (SSSR count). The highest BCUT2D eigenvalue weighted by Gasteiger charge is 2.29. The minimum Gasteiger partial charge on any atom is -0.389 e. The average molecular weight is 245 g/mol. The van der Waals surface area contributed by atoms with Crippen LogP contribution >= 0.6 is 0 Å². The van der Waals surface area contributed by atoms with Crippen molar-refractivity contribution in [1.29, 1.82) is 0 Å². The smallest absolute Gasteiger partial charge is 0.192 e. The summed E-state index contributed by atoms with van der Waals surface area (Å²) in [5.74, 6) is -0.451. The van der Waals surface area contributed by atoms with E-state index in [-0.39, 0.29) is 23.7 Å². The summed E-state index contributed by atoms with van der Waals surface area (Å²) >= 11 is 0. The van der Waals surface area contributed by atoms with Gasteiger partial charge in [0.05, 0.1) is 6.42 Å².